The second-order valence-electron chi connectivity index (χ2n) is 4.74. The van der Waals surface area contributed by atoms with Gasteiger partial charge in [0.25, 0.3) is 5.91 Å². The number of anilines is 2. The molecule has 1 amide bonds. The summed E-state index contributed by atoms with van der Waals surface area (Å²) in [4.78, 5) is 13.3. The van der Waals surface area contributed by atoms with Crippen molar-refractivity contribution in [3.63, 3.8) is 0 Å². The van der Waals surface area contributed by atoms with Crippen LogP contribution in [0.25, 0.3) is 0 Å². The number of benzene rings is 1. The van der Waals surface area contributed by atoms with Gasteiger partial charge in [0.1, 0.15) is 0 Å². The van der Waals surface area contributed by atoms with Crippen molar-refractivity contribution >= 4 is 29.0 Å². The zero-order chi connectivity index (χ0) is 14.7. The van der Waals surface area contributed by atoms with Crippen molar-refractivity contribution in [3.05, 3.63) is 35.7 Å². The minimum atomic E-state index is -0.302. The molecule has 1 aromatic carbocycles. The van der Waals surface area contributed by atoms with Gasteiger partial charge in [0, 0.05) is 10.6 Å². The number of thioether (sulfide) groups is 1. The van der Waals surface area contributed by atoms with E-state index in [2.05, 4.69) is 15.5 Å². The Bertz CT molecular complexity index is 621. The van der Waals surface area contributed by atoms with Crippen LogP contribution in [0.1, 0.15) is 35.9 Å². The van der Waals surface area contributed by atoms with E-state index in [0.29, 0.717) is 5.69 Å². The first kappa shape index (κ1) is 14.5. The van der Waals surface area contributed by atoms with Crippen LogP contribution in [0, 0.1) is 0 Å². The molecule has 0 aliphatic heterocycles. The van der Waals surface area contributed by atoms with Gasteiger partial charge in [-0.15, -0.1) is 11.8 Å². The third-order valence-corrected chi connectivity index (χ3v) is 3.68. The second kappa shape index (κ2) is 6.00. The molecule has 0 spiro atoms. The van der Waals surface area contributed by atoms with Crippen LogP contribution in [-0.4, -0.2) is 22.4 Å². The molecule has 0 aliphatic carbocycles. The van der Waals surface area contributed by atoms with Crippen molar-refractivity contribution in [1.29, 1.82) is 0 Å². The maximum absolute atomic E-state index is 12.2. The highest BCUT2D eigenvalue weighted by molar-refractivity contribution is 7.98. The van der Waals surface area contributed by atoms with Crippen molar-refractivity contribution in [1.82, 2.24) is 10.2 Å². The van der Waals surface area contributed by atoms with Crippen LogP contribution in [0.15, 0.2) is 29.2 Å². The largest absolute Gasteiger partial charge is 0.395 e. The summed E-state index contributed by atoms with van der Waals surface area (Å²) in [7, 11) is 0. The van der Waals surface area contributed by atoms with Crippen molar-refractivity contribution in [2.75, 3.05) is 17.3 Å². The number of H-pyrrole nitrogens is 1. The van der Waals surface area contributed by atoms with Crippen molar-refractivity contribution in [3.8, 4) is 0 Å². The van der Waals surface area contributed by atoms with Crippen LogP contribution in [0.4, 0.5) is 11.4 Å². The number of amides is 1. The van der Waals surface area contributed by atoms with E-state index >= 15 is 0 Å². The molecule has 20 heavy (non-hydrogen) atoms. The second-order valence-corrected chi connectivity index (χ2v) is 5.62. The van der Waals surface area contributed by atoms with E-state index in [0.717, 1.165) is 16.3 Å². The van der Waals surface area contributed by atoms with E-state index in [9.17, 15) is 4.79 Å². The normalized spacial score (nSPS) is 10.8. The molecule has 0 saturated carbocycles. The average Bonchev–Trinajstić information content (AvgIpc) is 2.81. The highest BCUT2D eigenvalue weighted by atomic mass is 32.2. The number of carbonyl (C=O) groups is 1. The van der Waals surface area contributed by atoms with Gasteiger partial charge in [-0.2, -0.15) is 5.10 Å². The molecule has 5 nitrogen and oxygen atoms in total. The van der Waals surface area contributed by atoms with Crippen LogP contribution in [0.3, 0.4) is 0 Å². The molecule has 2 rings (SSSR count). The van der Waals surface area contributed by atoms with Crippen LogP contribution in [-0.2, 0) is 0 Å². The van der Waals surface area contributed by atoms with Crippen molar-refractivity contribution in [2.24, 2.45) is 0 Å². The smallest absolute Gasteiger partial charge is 0.278 e. The number of nitrogen functional groups attached to an aromatic ring is 1. The van der Waals surface area contributed by atoms with Gasteiger partial charge in [-0.1, -0.05) is 19.9 Å². The Labute approximate surface area is 122 Å². The number of hydrogen-bond acceptors (Lipinski definition) is 4. The Morgan fingerprint density at radius 3 is 2.80 bits per heavy atom. The van der Waals surface area contributed by atoms with Gasteiger partial charge >= 0.3 is 0 Å². The molecular formula is C14H18N4OS. The summed E-state index contributed by atoms with van der Waals surface area (Å²) < 4.78 is 0. The summed E-state index contributed by atoms with van der Waals surface area (Å²) >= 11 is 1.62. The summed E-state index contributed by atoms with van der Waals surface area (Å²) in [6.45, 7) is 3.99. The molecule has 4 N–H and O–H groups in total. The Hall–Kier alpha value is -1.95. The van der Waals surface area contributed by atoms with E-state index in [1.807, 2.05) is 44.4 Å². The molecule has 0 unspecified atom stereocenters. The van der Waals surface area contributed by atoms with E-state index in [4.69, 9.17) is 5.73 Å². The lowest BCUT2D eigenvalue weighted by Gasteiger charge is -2.06. The standard InChI is InChI=1S/C14H18N4OS/c1-8(2)12-11(15)13(18-17-12)14(19)16-9-5-4-6-10(7-9)20-3/h4-8H,15H2,1-3H3,(H,16,19)(H,17,18). The summed E-state index contributed by atoms with van der Waals surface area (Å²) in [6.07, 6.45) is 1.99. The molecule has 1 aromatic heterocycles. The number of nitrogens with zero attached hydrogens (tertiary/aromatic N) is 1. The zero-order valence-electron chi connectivity index (χ0n) is 11.7. The lowest BCUT2D eigenvalue weighted by Crippen LogP contribution is -2.14. The Morgan fingerprint density at radius 1 is 1.45 bits per heavy atom. The summed E-state index contributed by atoms with van der Waals surface area (Å²) in [6, 6.07) is 7.63. The quantitative estimate of drug-likeness (QED) is 0.755. The molecule has 0 saturated heterocycles. The summed E-state index contributed by atoms with van der Waals surface area (Å²) in [5.41, 5.74) is 8.13. The molecule has 0 fully saturated rings. The first-order chi connectivity index (χ1) is 9.52. The lowest BCUT2D eigenvalue weighted by molar-refractivity contribution is 0.102. The fraction of sp³-hybridized carbons (Fsp3) is 0.286. The molecule has 0 bridgehead atoms. The van der Waals surface area contributed by atoms with Gasteiger partial charge < -0.3 is 11.1 Å². The first-order valence-electron chi connectivity index (χ1n) is 6.32. The van der Waals surface area contributed by atoms with E-state index in [1.54, 1.807) is 11.8 Å². The number of nitrogens with one attached hydrogen (secondary N) is 2. The van der Waals surface area contributed by atoms with Crippen LogP contribution < -0.4 is 11.1 Å². The van der Waals surface area contributed by atoms with Crippen LogP contribution in [0.2, 0.25) is 0 Å². The predicted octanol–water partition coefficient (Wildman–Crippen LogP) is 3.09. The number of aromatic amines is 1. The topological polar surface area (TPSA) is 83.8 Å². The molecule has 2 aromatic rings. The summed E-state index contributed by atoms with van der Waals surface area (Å²) in [5.74, 6) is -0.104. The molecule has 6 heteroatoms. The number of carbonyl (C=O) groups excluding carboxylic acids is 1. The molecular weight excluding hydrogens is 272 g/mol. The predicted molar refractivity (Wildman–Crippen MR) is 83.3 cm³/mol. The molecule has 0 atom stereocenters. The SMILES string of the molecule is CSc1cccc(NC(=O)c2n[nH]c(C(C)C)c2N)c1. The van der Waals surface area contributed by atoms with Gasteiger partial charge in [0.15, 0.2) is 5.69 Å². The van der Waals surface area contributed by atoms with E-state index in [1.165, 1.54) is 0 Å². The number of hydrogen-bond donors (Lipinski definition) is 3. The first-order valence-corrected chi connectivity index (χ1v) is 7.54. The van der Waals surface area contributed by atoms with Crippen molar-refractivity contribution in [2.45, 2.75) is 24.7 Å². The lowest BCUT2D eigenvalue weighted by atomic mass is 10.1. The van der Waals surface area contributed by atoms with Gasteiger partial charge in [0.2, 0.25) is 0 Å². The minimum Gasteiger partial charge on any atom is -0.395 e. The maximum atomic E-state index is 12.2. The van der Waals surface area contributed by atoms with Crippen LogP contribution >= 0.6 is 11.8 Å². The molecule has 1 heterocycles. The highest BCUT2D eigenvalue weighted by Gasteiger charge is 2.18. The highest BCUT2D eigenvalue weighted by Crippen LogP contribution is 2.24. The third-order valence-electron chi connectivity index (χ3n) is 2.95. The van der Waals surface area contributed by atoms with Gasteiger partial charge in [-0.3, -0.25) is 9.89 Å². The summed E-state index contributed by atoms with van der Waals surface area (Å²) in [5, 5.41) is 9.64. The fourth-order valence-corrected chi connectivity index (χ4v) is 2.33. The van der Waals surface area contributed by atoms with E-state index in [-0.39, 0.29) is 17.5 Å². The Kier molecular flexibility index (Phi) is 4.34. The number of nitrogens with two attached hydrogens (primary N) is 1. The minimum absolute atomic E-state index is 0.198. The van der Waals surface area contributed by atoms with Crippen molar-refractivity contribution < 1.29 is 4.79 Å². The van der Waals surface area contributed by atoms with E-state index < -0.39 is 0 Å². The maximum Gasteiger partial charge on any atom is 0.278 e. The van der Waals surface area contributed by atoms with Gasteiger partial charge in [-0.05, 0) is 30.4 Å². The van der Waals surface area contributed by atoms with Gasteiger partial charge in [0.05, 0.1) is 11.4 Å². The molecule has 106 valence electrons. The average molecular weight is 290 g/mol. The van der Waals surface area contributed by atoms with Crippen LogP contribution in [0.5, 0.6) is 0 Å². The van der Waals surface area contributed by atoms with Gasteiger partial charge in [-0.25, -0.2) is 0 Å². The molecule has 0 aliphatic rings. The Morgan fingerprint density at radius 2 is 2.20 bits per heavy atom. The molecule has 0 radical (unpaired) electrons. The third kappa shape index (κ3) is 2.96. The fourth-order valence-electron chi connectivity index (χ4n) is 1.87. The monoisotopic (exact) mass is 290 g/mol. The Balaban J connectivity index is 2.19. The number of rotatable bonds is 4. The zero-order valence-corrected chi connectivity index (χ0v) is 12.5. The number of aromatic nitrogens is 2.